The van der Waals surface area contributed by atoms with Crippen LogP contribution in [0.4, 0.5) is 16.3 Å². The van der Waals surface area contributed by atoms with E-state index in [0.717, 1.165) is 6.20 Å². The van der Waals surface area contributed by atoms with E-state index in [1.54, 1.807) is 20.8 Å². The summed E-state index contributed by atoms with van der Waals surface area (Å²) in [6.45, 7) is 5.26. The fourth-order valence-corrected chi connectivity index (χ4v) is 1.23. The second-order valence-electron chi connectivity index (χ2n) is 5.04. The predicted octanol–water partition coefficient (Wildman–Crippen LogP) is 1.45. The third-order valence-corrected chi connectivity index (χ3v) is 2.06. The molecule has 0 fully saturated rings. The molecule has 1 heterocycles. The number of alkyl carbamates (subject to hydrolysis) is 1. The third kappa shape index (κ3) is 5.78. The molecular weight excluding hydrogens is 276 g/mol. The number of hydrogen-bond acceptors (Lipinski definition) is 6. The van der Waals surface area contributed by atoms with Crippen molar-refractivity contribution >= 4 is 17.6 Å². The van der Waals surface area contributed by atoms with Crippen LogP contribution in [0.15, 0.2) is 12.3 Å². The number of hydrogen-bond donors (Lipinski definition) is 2. The van der Waals surface area contributed by atoms with Crippen molar-refractivity contribution in [3.63, 3.8) is 0 Å². The van der Waals surface area contributed by atoms with Gasteiger partial charge in [-0.15, -0.1) is 0 Å². The highest BCUT2D eigenvalue weighted by Crippen LogP contribution is 2.15. The van der Waals surface area contributed by atoms with Crippen molar-refractivity contribution < 1.29 is 14.5 Å². The van der Waals surface area contributed by atoms with E-state index in [2.05, 4.69) is 22.1 Å². The predicted molar refractivity (Wildman–Crippen MR) is 76.4 cm³/mol. The van der Waals surface area contributed by atoms with Crippen LogP contribution in [0.3, 0.4) is 0 Å². The molecule has 1 aromatic rings. The molecule has 0 saturated carbocycles. The van der Waals surface area contributed by atoms with Crippen molar-refractivity contribution in [2.75, 3.05) is 12.3 Å². The lowest BCUT2D eigenvalue weighted by Crippen LogP contribution is -2.32. The Balaban J connectivity index is 2.65. The first kappa shape index (κ1) is 16.2. The number of carbonyl (C=O) groups is 1. The van der Waals surface area contributed by atoms with E-state index < -0.39 is 16.6 Å². The highest BCUT2D eigenvalue weighted by atomic mass is 16.6. The standard InChI is InChI=1S/C13H16N4O4/c1-13(2,3)21-12(18)15-6-4-5-9-7-10(17(19)20)8-16-11(9)14/h7-8H,6H2,1-3H3,(H2,14,16)(H,15,18). The van der Waals surface area contributed by atoms with Crippen molar-refractivity contribution in [3.8, 4) is 11.8 Å². The average molecular weight is 292 g/mol. The molecule has 0 saturated heterocycles. The Morgan fingerprint density at radius 3 is 2.81 bits per heavy atom. The van der Waals surface area contributed by atoms with E-state index in [0.29, 0.717) is 0 Å². The van der Waals surface area contributed by atoms with Crippen LogP contribution in [-0.2, 0) is 4.74 Å². The van der Waals surface area contributed by atoms with Crippen molar-refractivity contribution in [2.45, 2.75) is 26.4 Å². The van der Waals surface area contributed by atoms with Crippen LogP contribution in [0.1, 0.15) is 26.3 Å². The molecule has 0 bridgehead atoms. The molecule has 0 atom stereocenters. The van der Waals surface area contributed by atoms with Gasteiger partial charge in [-0.3, -0.25) is 10.1 Å². The summed E-state index contributed by atoms with van der Waals surface area (Å²) in [6, 6.07) is 1.23. The van der Waals surface area contributed by atoms with Crippen LogP contribution in [0.5, 0.6) is 0 Å². The first-order valence-corrected chi connectivity index (χ1v) is 6.04. The van der Waals surface area contributed by atoms with Gasteiger partial charge in [0.2, 0.25) is 0 Å². The summed E-state index contributed by atoms with van der Waals surface area (Å²) in [6.07, 6.45) is 0.460. The van der Waals surface area contributed by atoms with Gasteiger partial charge in [0.1, 0.15) is 17.6 Å². The molecule has 0 aliphatic rings. The number of amides is 1. The maximum atomic E-state index is 11.4. The van der Waals surface area contributed by atoms with Crippen molar-refractivity contribution in [2.24, 2.45) is 0 Å². The molecule has 0 aromatic carbocycles. The monoisotopic (exact) mass is 292 g/mol. The van der Waals surface area contributed by atoms with Crippen LogP contribution < -0.4 is 11.1 Å². The molecule has 1 amide bonds. The van der Waals surface area contributed by atoms with Gasteiger partial charge in [0.05, 0.1) is 17.0 Å². The van der Waals surface area contributed by atoms with E-state index in [9.17, 15) is 14.9 Å². The molecule has 0 aliphatic heterocycles. The number of nitro groups is 1. The Labute approximate surface area is 121 Å². The number of nitrogens with two attached hydrogens (primary N) is 1. The SMILES string of the molecule is CC(C)(C)OC(=O)NCC#Cc1cc([N+](=O)[O-])cnc1N. The summed E-state index contributed by atoms with van der Waals surface area (Å²) in [5, 5.41) is 13.1. The highest BCUT2D eigenvalue weighted by Gasteiger charge is 2.15. The van der Waals surface area contributed by atoms with Crippen molar-refractivity contribution in [1.29, 1.82) is 0 Å². The lowest BCUT2D eigenvalue weighted by atomic mass is 10.2. The molecule has 3 N–H and O–H groups in total. The van der Waals surface area contributed by atoms with Crippen LogP contribution in [0, 0.1) is 22.0 Å². The molecule has 8 heteroatoms. The minimum Gasteiger partial charge on any atom is -0.444 e. The highest BCUT2D eigenvalue weighted by molar-refractivity contribution is 5.68. The smallest absolute Gasteiger partial charge is 0.408 e. The summed E-state index contributed by atoms with van der Waals surface area (Å²) in [5.74, 6) is 5.32. The molecule has 112 valence electrons. The molecule has 1 rings (SSSR count). The fourth-order valence-electron chi connectivity index (χ4n) is 1.23. The van der Waals surface area contributed by atoms with Gasteiger partial charge < -0.3 is 15.8 Å². The quantitative estimate of drug-likeness (QED) is 0.483. The van der Waals surface area contributed by atoms with Crippen LogP contribution in [0.2, 0.25) is 0 Å². The number of nitrogens with one attached hydrogen (secondary N) is 1. The zero-order valence-electron chi connectivity index (χ0n) is 12.0. The summed E-state index contributed by atoms with van der Waals surface area (Å²) in [5.41, 5.74) is 5.01. The summed E-state index contributed by atoms with van der Waals surface area (Å²) in [7, 11) is 0. The molecule has 0 unspecified atom stereocenters. The van der Waals surface area contributed by atoms with E-state index in [-0.39, 0.29) is 23.6 Å². The van der Waals surface area contributed by atoms with Crippen LogP contribution >= 0.6 is 0 Å². The number of nitrogens with zero attached hydrogens (tertiary/aromatic N) is 2. The molecule has 21 heavy (non-hydrogen) atoms. The van der Waals surface area contributed by atoms with Crippen LogP contribution in [0.25, 0.3) is 0 Å². The van der Waals surface area contributed by atoms with Crippen molar-refractivity contribution in [1.82, 2.24) is 10.3 Å². The van der Waals surface area contributed by atoms with Gasteiger partial charge in [0.25, 0.3) is 5.69 Å². The number of nitrogen functional groups attached to an aromatic ring is 1. The van der Waals surface area contributed by atoms with Gasteiger partial charge in [-0.25, -0.2) is 9.78 Å². The number of aromatic nitrogens is 1. The first-order valence-electron chi connectivity index (χ1n) is 6.04. The Bertz CT molecular complexity index is 611. The topological polar surface area (TPSA) is 120 Å². The Morgan fingerprint density at radius 1 is 1.57 bits per heavy atom. The average Bonchev–Trinajstić information content (AvgIpc) is 2.34. The summed E-state index contributed by atoms with van der Waals surface area (Å²) in [4.78, 5) is 25.1. The minimum atomic E-state index is -0.595. The van der Waals surface area contributed by atoms with Gasteiger partial charge in [-0.1, -0.05) is 11.8 Å². The van der Waals surface area contributed by atoms with E-state index in [1.165, 1.54) is 6.07 Å². The van der Waals surface area contributed by atoms with E-state index >= 15 is 0 Å². The maximum absolute atomic E-state index is 11.4. The van der Waals surface area contributed by atoms with Gasteiger partial charge in [-0.2, -0.15) is 0 Å². The van der Waals surface area contributed by atoms with Gasteiger partial charge in [-0.05, 0) is 20.8 Å². The lowest BCUT2D eigenvalue weighted by molar-refractivity contribution is -0.385. The Kier molecular flexibility index (Phi) is 5.07. The first-order chi connectivity index (χ1) is 9.69. The van der Waals surface area contributed by atoms with Gasteiger partial charge in [0.15, 0.2) is 0 Å². The number of anilines is 1. The second-order valence-corrected chi connectivity index (χ2v) is 5.04. The number of rotatable bonds is 2. The summed E-state index contributed by atoms with van der Waals surface area (Å²) < 4.78 is 5.02. The number of carbonyl (C=O) groups excluding carboxylic acids is 1. The Morgan fingerprint density at radius 2 is 2.24 bits per heavy atom. The second kappa shape index (κ2) is 6.56. The molecule has 0 spiro atoms. The molecule has 8 nitrogen and oxygen atoms in total. The molecule has 0 aliphatic carbocycles. The fraction of sp³-hybridized carbons (Fsp3) is 0.385. The van der Waals surface area contributed by atoms with E-state index in [1.807, 2.05) is 0 Å². The zero-order valence-corrected chi connectivity index (χ0v) is 12.0. The van der Waals surface area contributed by atoms with Gasteiger partial charge >= 0.3 is 6.09 Å². The normalized spacial score (nSPS) is 10.2. The Hall–Kier alpha value is -2.82. The number of ether oxygens (including phenoxy) is 1. The molecule has 0 radical (unpaired) electrons. The van der Waals surface area contributed by atoms with Crippen molar-refractivity contribution in [3.05, 3.63) is 27.9 Å². The largest absolute Gasteiger partial charge is 0.444 e. The maximum Gasteiger partial charge on any atom is 0.408 e. The zero-order chi connectivity index (χ0) is 16.0. The summed E-state index contributed by atoms with van der Waals surface area (Å²) >= 11 is 0. The van der Waals surface area contributed by atoms with Gasteiger partial charge in [0, 0.05) is 6.07 Å². The lowest BCUT2D eigenvalue weighted by Gasteiger charge is -2.18. The molecular formula is C13H16N4O4. The minimum absolute atomic E-state index is 0.0248. The number of pyridine rings is 1. The molecule has 1 aromatic heterocycles. The van der Waals surface area contributed by atoms with Crippen LogP contribution in [-0.4, -0.2) is 28.1 Å². The van der Waals surface area contributed by atoms with E-state index in [4.69, 9.17) is 10.5 Å². The third-order valence-electron chi connectivity index (χ3n) is 2.06.